The molecule has 8 rings (SSSR count). The number of ether oxygens (including phenoxy) is 4. The maximum atomic E-state index is 14.1. The van der Waals surface area contributed by atoms with Gasteiger partial charge >= 0.3 is 0 Å². The lowest BCUT2D eigenvalue weighted by Gasteiger charge is -2.36. The fourth-order valence-corrected chi connectivity index (χ4v) is 10.9. The number of rotatable bonds is 22. The van der Waals surface area contributed by atoms with Crippen LogP contribution in [-0.2, 0) is 28.8 Å². The van der Waals surface area contributed by atoms with Gasteiger partial charge in [-0.15, -0.1) is 24.8 Å². The number of carbonyl (C=O) groups excluding carboxylic acids is 6. The number of anilines is 6. The van der Waals surface area contributed by atoms with Crippen LogP contribution in [0.4, 0.5) is 34.4 Å². The second kappa shape index (κ2) is 33.0. The van der Waals surface area contributed by atoms with Crippen molar-refractivity contribution in [1.82, 2.24) is 51.0 Å². The van der Waals surface area contributed by atoms with E-state index in [2.05, 4.69) is 86.2 Å². The number of likely N-dealkylation sites (N-methyl/N-ethyl adjacent to an activating group) is 2. The maximum Gasteiger partial charge on any atom is 0.247 e. The largest absolute Gasteiger partial charge is 0.494 e. The van der Waals surface area contributed by atoms with Crippen LogP contribution in [0.1, 0.15) is 81.1 Å². The number of halogens is 4. The molecule has 4 heterocycles. The Morgan fingerprint density at radius 3 is 1.30 bits per heavy atom. The molecule has 502 valence electrons. The lowest BCUT2D eigenvalue weighted by atomic mass is 9.85. The molecule has 2 saturated heterocycles. The summed E-state index contributed by atoms with van der Waals surface area (Å²) < 4.78 is 23.0. The number of fused-ring (bicyclic) bond motifs is 2. The van der Waals surface area contributed by atoms with Crippen LogP contribution in [-0.4, -0.2) is 156 Å². The van der Waals surface area contributed by atoms with E-state index in [0.29, 0.717) is 128 Å². The molecule has 2 aliphatic heterocycles. The Balaban J connectivity index is 0.00000700. The summed E-state index contributed by atoms with van der Waals surface area (Å²) in [5.41, 5.74) is 1.63. The number of nitrogens with one attached hydrogen (secondary N) is 8. The summed E-state index contributed by atoms with van der Waals surface area (Å²) in [5, 5.41) is 25.8. The number of aromatic nitrogens is 4. The molecule has 0 bridgehead atoms. The molecule has 2 aromatic heterocycles. The monoisotopic (exact) mass is 1370 g/mol. The van der Waals surface area contributed by atoms with Gasteiger partial charge < -0.3 is 71.3 Å². The zero-order valence-electron chi connectivity index (χ0n) is 54.4. The van der Waals surface area contributed by atoms with E-state index in [9.17, 15) is 28.8 Å². The van der Waals surface area contributed by atoms with Gasteiger partial charge in [-0.1, -0.05) is 64.7 Å². The first-order chi connectivity index (χ1) is 43.8. The third-order valence-corrected chi connectivity index (χ3v) is 16.4. The molecule has 6 amide bonds. The summed E-state index contributed by atoms with van der Waals surface area (Å²) in [6.45, 7) is 15.3. The Labute approximate surface area is 569 Å². The lowest BCUT2D eigenvalue weighted by Crippen LogP contribution is -2.59. The summed E-state index contributed by atoms with van der Waals surface area (Å²) in [6, 6.07) is 12.6. The topological polar surface area (TPSA) is 294 Å². The predicted octanol–water partition coefficient (Wildman–Crippen LogP) is 8.83. The quantitative estimate of drug-likeness (QED) is 0.0294. The van der Waals surface area contributed by atoms with Gasteiger partial charge in [-0.3, -0.25) is 28.8 Å². The highest BCUT2D eigenvalue weighted by Crippen LogP contribution is 2.38. The van der Waals surface area contributed by atoms with E-state index in [0.717, 1.165) is 0 Å². The zero-order chi connectivity index (χ0) is 66.6. The van der Waals surface area contributed by atoms with Crippen molar-refractivity contribution in [3.8, 4) is 46.7 Å². The number of likely N-dealkylation sites (tertiary alicyclic amines) is 2. The molecule has 94 heavy (non-hydrogen) atoms. The number of benzene rings is 4. The fraction of sp³-hybridized carbons (Fsp3) is 0.424. The van der Waals surface area contributed by atoms with Crippen LogP contribution in [0.3, 0.4) is 0 Å². The molecule has 0 saturated carbocycles. The summed E-state index contributed by atoms with van der Waals surface area (Å²) in [7, 11) is 6.30. The summed E-state index contributed by atoms with van der Waals surface area (Å²) in [6.07, 6.45) is 4.88. The van der Waals surface area contributed by atoms with Crippen molar-refractivity contribution in [1.29, 1.82) is 0 Å². The molecule has 2 aliphatic rings. The molecule has 24 nitrogen and oxygen atoms in total. The first-order valence-corrected chi connectivity index (χ1v) is 30.8. The third kappa shape index (κ3) is 18.2. The van der Waals surface area contributed by atoms with Crippen LogP contribution in [0.15, 0.2) is 73.3 Å². The Morgan fingerprint density at radius 1 is 0.574 bits per heavy atom. The normalized spacial score (nSPS) is 15.6. The van der Waals surface area contributed by atoms with Gasteiger partial charge in [0.2, 0.25) is 35.4 Å². The molecule has 0 radical (unpaired) electrons. The van der Waals surface area contributed by atoms with Crippen molar-refractivity contribution >= 4 is 140 Å². The number of methoxy groups -OCH3 is 2. The average Bonchev–Trinajstić information content (AvgIpc) is 1.10. The van der Waals surface area contributed by atoms with E-state index in [4.69, 9.17) is 42.1 Å². The summed E-state index contributed by atoms with van der Waals surface area (Å²) in [4.78, 5) is 103. The second-order valence-corrected chi connectivity index (χ2v) is 25.1. The lowest BCUT2D eigenvalue weighted by molar-refractivity contribution is -0.143. The van der Waals surface area contributed by atoms with E-state index in [1.807, 2.05) is 41.5 Å². The molecule has 2 fully saturated rings. The SMILES string of the molecule is CN[C@@H](C)C(=O)N[C@H](C(=O)N1CCC[C@@H]1C(=O)Nc1cc2c(Nc3ccc(OCC#CC#CCOc4ccc(Nc5ncnc6cc(OC)c(NC(=O)[C@@H]7CCCN7C(=O)[C@@H](NC(=O)[C@H](C)NC)C(C)(C)C)cc56)cc4Cl)c(Cl)c3)ncnc2cc1OC)C(C)(C)C.Cl.Cl. The van der Waals surface area contributed by atoms with Gasteiger partial charge in [-0.05, 0) is 137 Å². The highest BCUT2D eigenvalue weighted by molar-refractivity contribution is 6.32. The van der Waals surface area contributed by atoms with Crippen molar-refractivity contribution < 1.29 is 47.7 Å². The predicted molar refractivity (Wildman–Crippen MR) is 369 cm³/mol. The van der Waals surface area contributed by atoms with Crippen LogP contribution in [0, 0.1) is 34.5 Å². The van der Waals surface area contributed by atoms with Crippen molar-refractivity contribution in [3.63, 3.8) is 0 Å². The number of hydrogen-bond donors (Lipinski definition) is 8. The molecule has 0 unspecified atom stereocenters. The Kier molecular flexibility index (Phi) is 26.1. The maximum absolute atomic E-state index is 14.1. The molecule has 6 aromatic rings. The smallest absolute Gasteiger partial charge is 0.247 e. The highest BCUT2D eigenvalue weighted by Gasteiger charge is 2.44. The van der Waals surface area contributed by atoms with Crippen LogP contribution in [0.5, 0.6) is 23.0 Å². The van der Waals surface area contributed by atoms with Gasteiger partial charge in [0.05, 0.1) is 58.8 Å². The Morgan fingerprint density at radius 2 is 0.957 bits per heavy atom. The van der Waals surface area contributed by atoms with Crippen molar-refractivity contribution in [2.75, 3.05) is 75.9 Å². The van der Waals surface area contributed by atoms with Gasteiger partial charge in [-0.2, -0.15) is 0 Å². The molecular formula is C66H80Cl4N14O10. The van der Waals surface area contributed by atoms with E-state index < -0.39 is 58.9 Å². The van der Waals surface area contributed by atoms with Gasteiger partial charge in [0, 0.05) is 47.4 Å². The third-order valence-electron chi connectivity index (χ3n) is 15.8. The number of carbonyl (C=O) groups is 6. The van der Waals surface area contributed by atoms with E-state index in [-0.39, 0.29) is 61.7 Å². The molecule has 28 heteroatoms. The minimum Gasteiger partial charge on any atom is -0.494 e. The minimum atomic E-state index is -0.866. The van der Waals surface area contributed by atoms with E-state index in [1.165, 1.54) is 26.9 Å². The van der Waals surface area contributed by atoms with Crippen molar-refractivity contribution in [2.24, 2.45) is 10.8 Å². The molecule has 8 N–H and O–H groups in total. The van der Waals surface area contributed by atoms with Crippen molar-refractivity contribution in [3.05, 3.63) is 83.4 Å². The summed E-state index contributed by atoms with van der Waals surface area (Å²) in [5.74, 6) is 11.4. The zero-order valence-corrected chi connectivity index (χ0v) is 57.5. The first kappa shape index (κ1) is 74.4. The highest BCUT2D eigenvalue weighted by atomic mass is 35.5. The second-order valence-electron chi connectivity index (χ2n) is 24.3. The van der Waals surface area contributed by atoms with Crippen LogP contribution in [0.25, 0.3) is 21.8 Å². The summed E-state index contributed by atoms with van der Waals surface area (Å²) >= 11 is 13.4. The van der Waals surface area contributed by atoms with E-state index >= 15 is 0 Å². The van der Waals surface area contributed by atoms with Gasteiger partial charge in [0.25, 0.3) is 0 Å². The molecule has 4 aromatic carbocycles. The molecule has 6 atom stereocenters. The Hall–Kier alpha value is -8.62. The average molecular weight is 1370 g/mol. The van der Waals surface area contributed by atoms with Crippen molar-refractivity contribution in [2.45, 2.75) is 117 Å². The Bertz CT molecular complexity index is 3650. The van der Waals surface area contributed by atoms with Gasteiger partial charge in [0.1, 0.15) is 84.7 Å². The molecule has 0 spiro atoms. The molecule has 0 aliphatic carbocycles. The van der Waals surface area contributed by atoms with E-state index in [1.54, 1.807) is 98.4 Å². The number of hydrogen-bond acceptors (Lipinski definition) is 18. The fourth-order valence-electron chi connectivity index (χ4n) is 10.4. The standard InChI is InChI=1S/C66H78Cl2N14O10.2ClH/c1-37(69-9)59(83)79-55(65(3,4)5)63(87)81-25-17-19-49(81)61(85)77-47-31-41-45(33-53(47)89-11)71-35-73-57(41)75-39-21-23-51(43(67)29-39)91-27-15-13-14-16-28-92-52-24-22-40(30-44(52)68)76-58-42-32-48(54(90-12)34-46(42)72-36-74-58)78-62(86)50-20-18-26-82(50)64(88)56(66(6,7)8)80-60(84)38(2)70-10;;/h21-24,29-38,49-50,55-56,69-70H,17-20,25-28H2,1-12H3,(H,77,85)(H,78,86)(H,79,83)(H,80,84)(H,71,73,75)(H,72,74,76);2*1H/t37-,38-,49-,50+,55+,56+;;/m0../s1. The van der Waals surface area contributed by atoms with Crippen LogP contribution in [0.2, 0.25) is 10.0 Å². The number of amides is 6. The van der Waals surface area contributed by atoms with Gasteiger partial charge in [0.15, 0.2) is 0 Å². The first-order valence-electron chi connectivity index (χ1n) is 30.0. The van der Waals surface area contributed by atoms with Crippen LogP contribution >= 0.6 is 48.0 Å². The number of nitrogens with zero attached hydrogens (tertiary/aromatic N) is 6. The minimum absolute atomic E-state index is 0. The van der Waals surface area contributed by atoms with Gasteiger partial charge in [-0.25, -0.2) is 19.9 Å². The molecular weight excluding hydrogens is 1290 g/mol. The van der Waals surface area contributed by atoms with Crippen LogP contribution < -0.4 is 61.5 Å².